The summed E-state index contributed by atoms with van der Waals surface area (Å²) in [6.07, 6.45) is 1.21. The lowest BCUT2D eigenvalue weighted by Crippen LogP contribution is -2.37. The van der Waals surface area contributed by atoms with Gasteiger partial charge in [-0.25, -0.2) is 0 Å². The maximum absolute atomic E-state index is 12.1. The van der Waals surface area contributed by atoms with Gasteiger partial charge in [-0.05, 0) is 18.6 Å². The predicted molar refractivity (Wildman–Crippen MR) is 80.7 cm³/mol. The first-order chi connectivity index (χ1) is 10.2. The Hall–Kier alpha value is -2.32. The Morgan fingerprint density at radius 1 is 1.24 bits per heavy atom. The largest absolute Gasteiger partial charge is 0.395 e. The maximum Gasteiger partial charge on any atom is 0.252 e. The topological polar surface area (TPSA) is 78.4 Å². The van der Waals surface area contributed by atoms with Crippen molar-refractivity contribution in [3.63, 3.8) is 0 Å². The third-order valence-corrected chi connectivity index (χ3v) is 2.61. The zero-order chi connectivity index (χ0) is 15.5. The molecule has 112 valence electrons. The number of carbonyl (C=O) groups excluding carboxylic acids is 2. The molecule has 0 fully saturated rings. The van der Waals surface area contributed by atoms with E-state index in [1.807, 2.05) is 6.92 Å². The van der Waals surface area contributed by atoms with Crippen LogP contribution in [0.4, 0.5) is 0 Å². The molecule has 0 aliphatic carbocycles. The molecular formula is C16H20N2O3. The zero-order valence-electron chi connectivity index (χ0n) is 12.1. The van der Waals surface area contributed by atoms with Crippen LogP contribution in [0, 0.1) is 11.8 Å². The van der Waals surface area contributed by atoms with Gasteiger partial charge in [-0.2, -0.15) is 0 Å². The van der Waals surface area contributed by atoms with Crippen LogP contribution in [-0.4, -0.2) is 36.6 Å². The highest BCUT2D eigenvalue weighted by Gasteiger charge is 2.10. The summed E-state index contributed by atoms with van der Waals surface area (Å²) >= 11 is 0. The monoisotopic (exact) mass is 288 g/mol. The molecule has 3 N–H and O–H groups in total. The van der Waals surface area contributed by atoms with Crippen molar-refractivity contribution < 1.29 is 14.7 Å². The highest BCUT2D eigenvalue weighted by atomic mass is 16.2. The lowest BCUT2D eigenvalue weighted by atomic mass is 10.1. The van der Waals surface area contributed by atoms with Crippen molar-refractivity contribution in [3.8, 4) is 11.8 Å². The van der Waals surface area contributed by atoms with Gasteiger partial charge in [0.1, 0.15) is 0 Å². The van der Waals surface area contributed by atoms with Crippen molar-refractivity contribution in [2.45, 2.75) is 19.8 Å². The molecule has 0 aromatic heterocycles. The highest BCUT2D eigenvalue weighted by molar-refractivity contribution is 5.98. The molecule has 0 saturated heterocycles. The van der Waals surface area contributed by atoms with Crippen molar-refractivity contribution in [1.29, 1.82) is 0 Å². The van der Waals surface area contributed by atoms with Crippen molar-refractivity contribution in [2.24, 2.45) is 0 Å². The van der Waals surface area contributed by atoms with Crippen LogP contribution in [0.25, 0.3) is 0 Å². The number of hydrogen-bond acceptors (Lipinski definition) is 3. The number of aliphatic hydroxyl groups is 1. The Morgan fingerprint density at radius 2 is 2.00 bits per heavy atom. The van der Waals surface area contributed by atoms with Crippen molar-refractivity contribution >= 4 is 11.8 Å². The minimum absolute atomic E-state index is 0.0149. The van der Waals surface area contributed by atoms with E-state index in [9.17, 15) is 9.59 Å². The quantitative estimate of drug-likeness (QED) is 0.673. The standard InChI is InChI=1S/C16H20N2O3/c1-2-10-17-15(20)12-18-16(21)14-9-4-3-7-13(14)8-5-6-11-19/h3-4,7,9,19H,2,6,10-12H2,1H3,(H,17,20)(H,18,21). The Bertz CT molecular complexity index is 544. The van der Waals surface area contributed by atoms with Gasteiger partial charge in [-0.15, -0.1) is 0 Å². The molecule has 0 spiro atoms. The summed E-state index contributed by atoms with van der Waals surface area (Å²) in [5.41, 5.74) is 1.00. The van der Waals surface area contributed by atoms with Crippen LogP contribution < -0.4 is 10.6 Å². The molecule has 0 saturated carbocycles. The number of aliphatic hydroxyl groups excluding tert-OH is 1. The summed E-state index contributed by atoms with van der Waals surface area (Å²) in [5.74, 6) is 5.07. The number of hydrogen-bond donors (Lipinski definition) is 3. The van der Waals surface area contributed by atoms with Gasteiger partial charge in [0.25, 0.3) is 5.91 Å². The Morgan fingerprint density at radius 3 is 2.71 bits per heavy atom. The van der Waals surface area contributed by atoms with E-state index in [1.54, 1.807) is 24.3 Å². The normalized spacial score (nSPS) is 9.43. The number of carbonyl (C=O) groups is 2. The molecule has 5 nitrogen and oxygen atoms in total. The van der Waals surface area contributed by atoms with Gasteiger partial charge in [0, 0.05) is 18.5 Å². The molecule has 0 unspecified atom stereocenters. The zero-order valence-corrected chi connectivity index (χ0v) is 12.1. The van der Waals surface area contributed by atoms with E-state index >= 15 is 0 Å². The molecule has 0 aliphatic heterocycles. The van der Waals surface area contributed by atoms with Gasteiger partial charge in [0.15, 0.2) is 0 Å². The first kappa shape index (κ1) is 16.7. The van der Waals surface area contributed by atoms with E-state index in [1.165, 1.54) is 0 Å². The fraction of sp³-hybridized carbons (Fsp3) is 0.375. The molecule has 0 heterocycles. The first-order valence-corrected chi connectivity index (χ1v) is 6.92. The Balaban J connectivity index is 2.66. The summed E-state index contributed by atoms with van der Waals surface area (Å²) < 4.78 is 0. The number of benzene rings is 1. The predicted octanol–water partition coefficient (Wildman–Crippen LogP) is 0.676. The smallest absolute Gasteiger partial charge is 0.252 e. The van der Waals surface area contributed by atoms with E-state index in [0.29, 0.717) is 24.1 Å². The molecule has 1 rings (SSSR count). The van der Waals surface area contributed by atoms with E-state index < -0.39 is 0 Å². The third kappa shape index (κ3) is 6.11. The molecule has 2 amide bonds. The second-order valence-electron chi connectivity index (χ2n) is 4.35. The molecule has 1 aromatic rings. The van der Waals surface area contributed by atoms with Crippen LogP contribution in [0.3, 0.4) is 0 Å². The van der Waals surface area contributed by atoms with Gasteiger partial charge >= 0.3 is 0 Å². The van der Waals surface area contributed by atoms with Crippen LogP contribution in [0.5, 0.6) is 0 Å². The van der Waals surface area contributed by atoms with Crippen molar-refractivity contribution in [3.05, 3.63) is 35.4 Å². The fourth-order valence-electron chi connectivity index (χ4n) is 1.59. The van der Waals surface area contributed by atoms with E-state index in [4.69, 9.17) is 5.11 Å². The van der Waals surface area contributed by atoms with Gasteiger partial charge in [-0.1, -0.05) is 30.9 Å². The van der Waals surface area contributed by atoms with Crippen LogP contribution in [0.2, 0.25) is 0 Å². The summed E-state index contributed by atoms with van der Waals surface area (Å²) in [6, 6.07) is 6.91. The molecule has 21 heavy (non-hydrogen) atoms. The SMILES string of the molecule is CCCNC(=O)CNC(=O)c1ccccc1C#CCCO. The maximum atomic E-state index is 12.1. The van der Waals surface area contributed by atoms with Gasteiger partial charge in [-0.3, -0.25) is 9.59 Å². The van der Waals surface area contributed by atoms with Crippen molar-refractivity contribution in [1.82, 2.24) is 10.6 Å². The van der Waals surface area contributed by atoms with Gasteiger partial charge in [0.2, 0.25) is 5.91 Å². The number of amides is 2. The minimum atomic E-state index is -0.337. The number of nitrogens with one attached hydrogen (secondary N) is 2. The van der Waals surface area contributed by atoms with E-state index in [2.05, 4.69) is 22.5 Å². The van der Waals surface area contributed by atoms with Gasteiger partial charge in [0.05, 0.1) is 18.7 Å². The van der Waals surface area contributed by atoms with E-state index in [-0.39, 0.29) is 25.0 Å². The van der Waals surface area contributed by atoms with Crippen LogP contribution >= 0.6 is 0 Å². The Labute approximate surface area is 124 Å². The lowest BCUT2D eigenvalue weighted by molar-refractivity contribution is -0.120. The molecule has 0 radical (unpaired) electrons. The fourth-order valence-corrected chi connectivity index (χ4v) is 1.59. The molecule has 5 heteroatoms. The Kier molecular flexibility index (Phi) is 7.62. The molecule has 0 atom stereocenters. The van der Waals surface area contributed by atoms with Crippen molar-refractivity contribution in [2.75, 3.05) is 19.7 Å². The van der Waals surface area contributed by atoms with Crippen LogP contribution in [0.1, 0.15) is 35.7 Å². The second-order valence-corrected chi connectivity index (χ2v) is 4.35. The van der Waals surface area contributed by atoms with Crippen LogP contribution in [0.15, 0.2) is 24.3 Å². The summed E-state index contributed by atoms with van der Waals surface area (Å²) in [6.45, 7) is 2.48. The summed E-state index contributed by atoms with van der Waals surface area (Å²) in [5, 5.41) is 14.0. The third-order valence-electron chi connectivity index (χ3n) is 2.61. The lowest BCUT2D eigenvalue weighted by Gasteiger charge is -2.07. The number of rotatable bonds is 6. The molecular weight excluding hydrogens is 268 g/mol. The summed E-state index contributed by atoms with van der Waals surface area (Å²) in [7, 11) is 0. The average molecular weight is 288 g/mol. The average Bonchev–Trinajstić information content (AvgIpc) is 2.51. The van der Waals surface area contributed by atoms with Gasteiger partial charge < -0.3 is 15.7 Å². The first-order valence-electron chi connectivity index (χ1n) is 6.92. The summed E-state index contributed by atoms with van der Waals surface area (Å²) in [4.78, 5) is 23.5. The highest BCUT2D eigenvalue weighted by Crippen LogP contribution is 2.07. The molecule has 0 bridgehead atoms. The second kappa shape index (κ2) is 9.56. The van der Waals surface area contributed by atoms with E-state index in [0.717, 1.165) is 6.42 Å². The molecule has 1 aromatic carbocycles. The van der Waals surface area contributed by atoms with Crippen LogP contribution in [-0.2, 0) is 4.79 Å². The minimum Gasteiger partial charge on any atom is -0.395 e. The molecule has 0 aliphatic rings.